The van der Waals surface area contributed by atoms with Crippen LogP contribution in [0, 0.1) is 5.92 Å². The van der Waals surface area contributed by atoms with E-state index in [0.717, 1.165) is 12.1 Å². The monoisotopic (exact) mass is 343 g/mol. The van der Waals surface area contributed by atoms with Gasteiger partial charge in [-0.2, -0.15) is 17.5 Å². The summed E-state index contributed by atoms with van der Waals surface area (Å²) in [5, 5.41) is 8.45. The molecule has 0 bridgehead atoms. The van der Waals surface area contributed by atoms with E-state index in [2.05, 4.69) is 0 Å². The van der Waals surface area contributed by atoms with Crippen LogP contribution in [-0.2, 0) is 21.0 Å². The quantitative estimate of drug-likeness (QED) is 0.911. The Kier molecular flexibility index (Phi) is 3.94. The van der Waals surface area contributed by atoms with Gasteiger partial charge in [-0.3, -0.25) is 4.79 Å². The third-order valence-electron chi connectivity index (χ3n) is 3.06. The zero-order valence-electron chi connectivity index (χ0n) is 10.3. The number of rotatable bonds is 3. The average Bonchev–Trinajstić information content (AvgIpc) is 2.23. The lowest BCUT2D eigenvalue weighted by Gasteiger charge is -2.35. The Morgan fingerprint density at radius 3 is 2.38 bits per heavy atom. The van der Waals surface area contributed by atoms with Crippen LogP contribution >= 0.6 is 11.6 Å². The van der Waals surface area contributed by atoms with Crippen LogP contribution in [0.15, 0.2) is 23.1 Å². The van der Waals surface area contributed by atoms with Crippen molar-refractivity contribution in [1.29, 1.82) is 0 Å². The number of benzene rings is 1. The molecule has 0 atom stereocenters. The lowest BCUT2D eigenvalue weighted by molar-refractivity contribution is -0.145. The van der Waals surface area contributed by atoms with Crippen molar-refractivity contribution in [2.24, 2.45) is 5.92 Å². The van der Waals surface area contributed by atoms with Gasteiger partial charge in [0.05, 0.1) is 16.4 Å². The first kappa shape index (κ1) is 16.1. The molecule has 1 aromatic rings. The van der Waals surface area contributed by atoms with Gasteiger partial charge in [-0.15, -0.1) is 0 Å². The summed E-state index contributed by atoms with van der Waals surface area (Å²) in [6, 6.07) is 2.34. The van der Waals surface area contributed by atoms with E-state index in [4.69, 9.17) is 16.7 Å². The molecule has 0 unspecified atom stereocenters. The summed E-state index contributed by atoms with van der Waals surface area (Å²) in [6.07, 6.45) is -4.88. The fraction of sp³-hybridized carbons (Fsp3) is 0.364. The summed E-state index contributed by atoms with van der Waals surface area (Å²) in [7, 11) is -4.41. The summed E-state index contributed by atoms with van der Waals surface area (Å²) < 4.78 is 63.7. The molecular weight excluding hydrogens is 335 g/mol. The van der Waals surface area contributed by atoms with E-state index in [1.807, 2.05) is 0 Å². The third kappa shape index (κ3) is 2.99. The molecule has 2 rings (SSSR count). The number of hydrogen-bond donors (Lipinski definition) is 1. The molecule has 0 aliphatic carbocycles. The number of nitrogens with zero attached hydrogens (tertiary/aromatic N) is 1. The predicted molar refractivity (Wildman–Crippen MR) is 66.3 cm³/mol. The minimum atomic E-state index is -4.88. The smallest absolute Gasteiger partial charge is 0.417 e. The van der Waals surface area contributed by atoms with Gasteiger partial charge in [0.2, 0.25) is 10.0 Å². The van der Waals surface area contributed by atoms with Crippen molar-refractivity contribution in [3.63, 3.8) is 0 Å². The Morgan fingerprint density at radius 2 is 1.90 bits per heavy atom. The van der Waals surface area contributed by atoms with Crippen LogP contribution < -0.4 is 0 Å². The van der Waals surface area contributed by atoms with E-state index in [1.54, 1.807) is 0 Å². The maximum Gasteiger partial charge on any atom is 0.417 e. The molecule has 10 heteroatoms. The second kappa shape index (κ2) is 5.15. The summed E-state index contributed by atoms with van der Waals surface area (Å²) in [5.74, 6) is -2.09. The van der Waals surface area contributed by atoms with Crippen molar-refractivity contribution in [2.75, 3.05) is 13.1 Å². The van der Waals surface area contributed by atoms with Gasteiger partial charge >= 0.3 is 12.1 Å². The number of carboxylic acids is 1. The van der Waals surface area contributed by atoms with Gasteiger partial charge in [0.25, 0.3) is 0 Å². The number of carboxylic acid groups (broad SMARTS) is 1. The van der Waals surface area contributed by atoms with Crippen LogP contribution in [0.1, 0.15) is 5.56 Å². The van der Waals surface area contributed by atoms with E-state index < -0.39 is 38.5 Å². The molecule has 116 valence electrons. The van der Waals surface area contributed by atoms with Crippen LogP contribution in [-0.4, -0.2) is 36.9 Å². The lowest BCUT2D eigenvalue weighted by Crippen LogP contribution is -2.53. The highest BCUT2D eigenvalue weighted by Crippen LogP contribution is 2.38. The van der Waals surface area contributed by atoms with E-state index in [1.165, 1.54) is 0 Å². The van der Waals surface area contributed by atoms with Gasteiger partial charge in [-0.25, -0.2) is 8.42 Å². The number of sulfonamides is 1. The van der Waals surface area contributed by atoms with Gasteiger partial charge in [-0.1, -0.05) is 11.6 Å². The van der Waals surface area contributed by atoms with Crippen LogP contribution in [0.2, 0.25) is 5.02 Å². The molecule has 0 spiro atoms. The first-order chi connectivity index (χ1) is 9.53. The minimum Gasteiger partial charge on any atom is -0.481 e. The fourth-order valence-electron chi connectivity index (χ4n) is 1.88. The third-order valence-corrected chi connectivity index (χ3v) is 5.19. The van der Waals surface area contributed by atoms with Crippen LogP contribution in [0.3, 0.4) is 0 Å². The van der Waals surface area contributed by atoms with E-state index >= 15 is 0 Å². The van der Waals surface area contributed by atoms with Gasteiger partial charge < -0.3 is 5.11 Å². The van der Waals surface area contributed by atoms with Gasteiger partial charge in [0.15, 0.2) is 0 Å². The van der Waals surface area contributed by atoms with E-state index in [9.17, 15) is 26.4 Å². The van der Waals surface area contributed by atoms with Crippen molar-refractivity contribution in [3.8, 4) is 0 Å². The average molecular weight is 344 g/mol. The highest BCUT2D eigenvalue weighted by molar-refractivity contribution is 7.89. The van der Waals surface area contributed by atoms with Crippen molar-refractivity contribution in [2.45, 2.75) is 11.1 Å². The molecular formula is C11H9ClF3NO4S. The van der Waals surface area contributed by atoms with Gasteiger partial charge in [0.1, 0.15) is 0 Å². The molecule has 0 aromatic heterocycles. The number of hydrogen-bond acceptors (Lipinski definition) is 3. The molecule has 1 aromatic carbocycles. The highest BCUT2D eigenvalue weighted by Gasteiger charge is 2.44. The summed E-state index contributed by atoms with van der Waals surface area (Å²) >= 11 is 5.48. The minimum absolute atomic E-state index is 0.242. The number of alkyl halides is 3. The molecule has 21 heavy (non-hydrogen) atoms. The van der Waals surface area contributed by atoms with Crippen molar-refractivity contribution in [3.05, 3.63) is 28.8 Å². The number of aliphatic carboxylic acids is 1. The largest absolute Gasteiger partial charge is 0.481 e. The van der Waals surface area contributed by atoms with Gasteiger partial charge in [-0.05, 0) is 18.2 Å². The predicted octanol–water partition coefficient (Wildman–Crippen LogP) is 2.06. The topological polar surface area (TPSA) is 74.7 Å². The highest BCUT2D eigenvalue weighted by atomic mass is 35.5. The van der Waals surface area contributed by atoms with Crippen LogP contribution in [0.4, 0.5) is 13.2 Å². The normalized spacial score (nSPS) is 17.5. The molecule has 0 radical (unpaired) electrons. The van der Waals surface area contributed by atoms with Crippen molar-refractivity contribution >= 4 is 27.6 Å². The summed E-state index contributed by atoms with van der Waals surface area (Å²) in [6.45, 7) is -0.699. The number of carbonyl (C=O) groups is 1. The molecule has 0 amide bonds. The molecule has 1 aliphatic heterocycles. The van der Waals surface area contributed by atoms with Crippen LogP contribution in [0.25, 0.3) is 0 Å². The Hall–Kier alpha value is -1.32. The molecule has 0 saturated carbocycles. The summed E-state index contributed by atoms with van der Waals surface area (Å²) in [4.78, 5) is 9.71. The number of halogens is 4. The lowest BCUT2D eigenvalue weighted by atomic mass is 10.0. The Bertz CT molecular complexity index is 683. The maximum atomic E-state index is 12.9. The zero-order chi connectivity index (χ0) is 16.0. The second-order valence-electron chi connectivity index (χ2n) is 4.50. The molecule has 1 heterocycles. The zero-order valence-corrected chi connectivity index (χ0v) is 11.8. The molecule has 1 saturated heterocycles. The molecule has 1 N–H and O–H groups in total. The maximum absolute atomic E-state index is 12.9. The Morgan fingerprint density at radius 1 is 1.33 bits per heavy atom. The van der Waals surface area contributed by atoms with Crippen LogP contribution in [0.5, 0.6) is 0 Å². The first-order valence-corrected chi connectivity index (χ1v) is 7.45. The summed E-state index contributed by atoms with van der Waals surface area (Å²) in [5.41, 5.74) is -1.37. The van der Waals surface area contributed by atoms with Gasteiger partial charge in [0, 0.05) is 18.1 Å². The molecule has 1 fully saturated rings. The molecule has 5 nitrogen and oxygen atoms in total. The van der Waals surface area contributed by atoms with E-state index in [0.29, 0.717) is 10.4 Å². The Balaban J connectivity index is 2.40. The second-order valence-corrected chi connectivity index (χ2v) is 6.84. The standard InChI is InChI=1S/C11H9ClF3NO4S/c12-7-1-2-9(8(3-7)11(13,14)15)21(19,20)16-4-6(5-16)10(17)18/h1-3,6H,4-5H2,(H,17,18). The fourth-order valence-corrected chi connectivity index (χ4v) is 3.77. The molecule has 1 aliphatic rings. The SMILES string of the molecule is O=C(O)C1CN(S(=O)(=O)c2ccc(Cl)cc2C(F)(F)F)C1. The Labute approximate surface area is 123 Å². The first-order valence-electron chi connectivity index (χ1n) is 5.63. The van der Waals surface area contributed by atoms with E-state index in [-0.39, 0.29) is 18.1 Å². The van der Waals surface area contributed by atoms with Crippen molar-refractivity contribution < 1.29 is 31.5 Å². The van der Waals surface area contributed by atoms with Crippen molar-refractivity contribution in [1.82, 2.24) is 4.31 Å².